The highest BCUT2D eigenvalue weighted by molar-refractivity contribution is 7.09. The topological polar surface area (TPSA) is 56.5 Å². The summed E-state index contributed by atoms with van der Waals surface area (Å²) in [6.07, 6.45) is 3.67. The van der Waals surface area contributed by atoms with Crippen LogP contribution in [0.1, 0.15) is 19.0 Å². The summed E-state index contributed by atoms with van der Waals surface area (Å²) in [7, 11) is 0. The zero-order chi connectivity index (χ0) is 13.1. The molecule has 0 unspecified atom stereocenters. The van der Waals surface area contributed by atoms with Gasteiger partial charge in [-0.05, 0) is 30.1 Å². The van der Waals surface area contributed by atoms with Gasteiger partial charge in [0.05, 0.1) is 5.69 Å². The van der Waals surface area contributed by atoms with E-state index in [0.29, 0.717) is 0 Å². The van der Waals surface area contributed by atoms with E-state index in [0.717, 1.165) is 34.9 Å². The van der Waals surface area contributed by atoms with Gasteiger partial charge in [0.25, 0.3) is 0 Å². The molecule has 0 amide bonds. The van der Waals surface area contributed by atoms with Crippen molar-refractivity contribution in [3.63, 3.8) is 0 Å². The number of para-hydroxylation sites is 1. The number of nitrogens with zero attached hydrogens (tertiary/aromatic N) is 5. The molecular weight excluding hydrogens is 258 g/mol. The van der Waals surface area contributed by atoms with Crippen LogP contribution < -0.4 is 0 Å². The molecule has 1 aromatic carbocycles. The van der Waals surface area contributed by atoms with Gasteiger partial charge in [0, 0.05) is 5.69 Å². The predicted octanol–water partition coefficient (Wildman–Crippen LogP) is 2.74. The number of hydrogen-bond acceptors (Lipinski definition) is 5. The van der Waals surface area contributed by atoms with E-state index in [1.165, 1.54) is 11.5 Å². The zero-order valence-electron chi connectivity index (χ0n) is 10.5. The van der Waals surface area contributed by atoms with E-state index >= 15 is 0 Å². The van der Waals surface area contributed by atoms with E-state index in [1.54, 1.807) is 6.33 Å². The van der Waals surface area contributed by atoms with E-state index < -0.39 is 0 Å². The van der Waals surface area contributed by atoms with Crippen molar-refractivity contribution in [2.75, 3.05) is 0 Å². The first-order valence-electron chi connectivity index (χ1n) is 6.17. The van der Waals surface area contributed by atoms with Crippen molar-refractivity contribution in [2.24, 2.45) is 0 Å². The summed E-state index contributed by atoms with van der Waals surface area (Å²) in [6.45, 7) is 2.13. The predicted molar refractivity (Wildman–Crippen MR) is 74.3 cm³/mol. The highest BCUT2D eigenvalue weighted by atomic mass is 32.1. The van der Waals surface area contributed by atoms with Gasteiger partial charge >= 0.3 is 0 Å². The summed E-state index contributed by atoms with van der Waals surface area (Å²) >= 11 is 1.37. The number of aromatic nitrogens is 5. The zero-order valence-corrected chi connectivity index (χ0v) is 11.3. The molecule has 0 fully saturated rings. The Kier molecular flexibility index (Phi) is 3.33. The standard InChI is InChI=1S/C13H13N5S/c1-2-6-11-12(19-17-15-11)13-16-14-9-18(13)10-7-4-3-5-8-10/h3-5,7-9H,2,6H2,1H3. The fourth-order valence-electron chi connectivity index (χ4n) is 1.95. The van der Waals surface area contributed by atoms with Crippen LogP contribution in [0.5, 0.6) is 0 Å². The van der Waals surface area contributed by atoms with Crippen molar-refractivity contribution < 1.29 is 0 Å². The average molecular weight is 271 g/mol. The maximum atomic E-state index is 4.22. The summed E-state index contributed by atoms with van der Waals surface area (Å²) in [5, 5.41) is 12.4. The maximum Gasteiger partial charge on any atom is 0.182 e. The minimum atomic E-state index is 0.810. The molecule has 0 spiro atoms. The Morgan fingerprint density at radius 1 is 1.16 bits per heavy atom. The summed E-state index contributed by atoms with van der Waals surface area (Å²) in [4.78, 5) is 1.00. The number of aryl methyl sites for hydroxylation is 1. The van der Waals surface area contributed by atoms with Crippen LogP contribution in [0.4, 0.5) is 0 Å². The van der Waals surface area contributed by atoms with Gasteiger partial charge in [0.15, 0.2) is 5.82 Å². The molecule has 0 saturated carbocycles. The molecular formula is C13H13N5S. The van der Waals surface area contributed by atoms with Crippen LogP contribution in [0.2, 0.25) is 0 Å². The molecule has 2 heterocycles. The molecule has 0 saturated heterocycles. The summed E-state index contributed by atoms with van der Waals surface area (Å²) in [5.74, 6) is 0.810. The third kappa shape index (κ3) is 2.26. The van der Waals surface area contributed by atoms with Crippen LogP contribution in [-0.2, 0) is 6.42 Å². The van der Waals surface area contributed by atoms with E-state index in [-0.39, 0.29) is 0 Å². The van der Waals surface area contributed by atoms with Gasteiger partial charge in [-0.3, -0.25) is 4.57 Å². The van der Waals surface area contributed by atoms with Crippen LogP contribution in [0.25, 0.3) is 16.4 Å². The maximum absolute atomic E-state index is 4.22. The number of rotatable bonds is 4. The lowest BCUT2D eigenvalue weighted by atomic mass is 10.2. The molecule has 0 bridgehead atoms. The van der Waals surface area contributed by atoms with Gasteiger partial charge in [-0.25, -0.2) is 0 Å². The molecule has 6 heteroatoms. The first-order valence-corrected chi connectivity index (χ1v) is 6.94. The Balaban J connectivity index is 2.07. The third-order valence-corrected chi connectivity index (χ3v) is 3.59. The fourth-order valence-corrected chi connectivity index (χ4v) is 2.64. The Labute approximate surface area is 115 Å². The molecule has 0 radical (unpaired) electrons. The smallest absolute Gasteiger partial charge is 0.182 e. The Hall–Kier alpha value is -2.08. The molecule has 0 N–H and O–H groups in total. The van der Waals surface area contributed by atoms with Crippen LogP contribution in [-0.4, -0.2) is 24.4 Å². The van der Waals surface area contributed by atoms with Gasteiger partial charge in [0.1, 0.15) is 11.2 Å². The lowest BCUT2D eigenvalue weighted by Gasteiger charge is -2.05. The van der Waals surface area contributed by atoms with Crippen LogP contribution in [0, 0.1) is 0 Å². The van der Waals surface area contributed by atoms with Crippen LogP contribution in [0.3, 0.4) is 0 Å². The van der Waals surface area contributed by atoms with Crippen LogP contribution >= 0.6 is 11.5 Å². The van der Waals surface area contributed by atoms with Gasteiger partial charge in [0.2, 0.25) is 0 Å². The Morgan fingerprint density at radius 2 is 2.00 bits per heavy atom. The molecule has 0 aliphatic heterocycles. The van der Waals surface area contributed by atoms with E-state index in [2.05, 4.69) is 26.7 Å². The molecule has 0 aliphatic carbocycles. The second-order valence-electron chi connectivity index (χ2n) is 4.16. The lowest BCUT2D eigenvalue weighted by Crippen LogP contribution is -1.97. The minimum absolute atomic E-state index is 0.810. The Morgan fingerprint density at radius 3 is 2.79 bits per heavy atom. The van der Waals surface area contributed by atoms with E-state index in [1.807, 2.05) is 34.9 Å². The van der Waals surface area contributed by atoms with Gasteiger partial charge < -0.3 is 0 Å². The number of hydrogen-bond donors (Lipinski definition) is 0. The van der Waals surface area contributed by atoms with Gasteiger partial charge in [-0.1, -0.05) is 36.0 Å². The highest BCUT2D eigenvalue weighted by Gasteiger charge is 2.16. The number of benzene rings is 1. The van der Waals surface area contributed by atoms with Crippen molar-refractivity contribution in [1.29, 1.82) is 0 Å². The van der Waals surface area contributed by atoms with Crippen molar-refractivity contribution in [3.8, 4) is 16.4 Å². The fraction of sp³-hybridized carbons (Fsp3) is 0.231. The van der Waals surface area contributed by atoms with Crippen molar-refractivity contribution >= 4 is 11.5 Å². The first-order chi connectivity index (χ1) is 9.40. The second-order valence-corrected chi connectivity index (χ2v) is 4.91. The normalized spacial score (nSPS) is 10.8. The SMILES string of the molecule is CCCc1nnsc1-c1nncn1-c1ccccc1. The molecule has 0 aliphatic rings. The monoisotopic (exact) mass is 271 g/mol. The lowest BCUT2D eigenvalue weighted by molar-refractivity contribution is 0.868. The molecule has 2 aromatic heterocycles. The third-order valence-electron chi connectivity index (χ3n) is 2.83. The average Bonchev–Trinajstić information content (AvgIpc) is 3.08. The highest BCUT2D eigenvalue weighted by Crippen LogP contribution is 2.26. The summed E-state index contributed by atoms with van der Waals surface area (Å²) in [5.41, 5.74) is 2.04. The van der Waals surface area contributed by atoms with Gasteiger partial charge in [-0.15, -0.1) is 15.3 Å². The molecule has 5 nitrogen and oxygen atoms in total. The second kappa shape index (κ2) is 5.27. The summed E-state index contributed by atoms with van der Waals surface area (Å²) in [6, 6.07) is 10.0. The van der Waals surface area contributed by atoms with Crippen LogP contribution in [0.15, 0.2) is 36.7 Å². The molecule has 96 valence electrons. The molecule has 3 rings (SSSR count). The quantitative estimate of drug-likeness (QED) is 0.732. The molecule has 19 heavy (non-hydrogen) atoms. The van der Waals surface area contributed by atoms with Gasteiger partial charge in [-0.2, -0.15) is 0 Å². The minimum Gasteiger partial charge on any atom is -0.281 e. The largest absolute Gasteiger partial charge is 0.281 e. The Bertz CT molecular complexity index is 658. The first kappa shape index (κ1) is 12.0. The van der Waals surface area contributed by atoms with E-state index in [9.17, 15) is 0 Å². The van der Waals surface area contributed by atoms with Crippen molar-refractivity contribution in [1.82, 2.24) is 24.4 Å². The molecule has 0 atom stereocenters. The van der Waals surface area contributed by atoms with E-state index in [4.69, 9.17) is 0 Å². The molecule has 3 aromatic rings. The van der Waals surface area contributed by atoms with Crippen molar-refractivity contribution in [2.45, 2.75) is 19.8 Å². The summed E-state index contributed by atoms with van der Waals surface area (Å²) < 4.78 is 6.01. The van der Waals surface area contributed by atoms with Crippen molar-refractivity contribution in [3.05, 3.63) is 42.4 Å².